The molecule has 1 rings (SSSR count). The number of thiol groups is 1. The van der Waals surface area contributed by atoms with Crippen LogP contribution in [0.25, 0.3) is 0 Å². The summed E-state index contributed by atoms with van der Waals surface area (Å²) in [5.41, 5.74) is 1.14. The van der Waals surface area contributed by atoms with Crippen molar-refractivity contribution in [2.24, 2.45) is 0 Å². The van der Waals surface area contributed by atoms with Crippen molar-refractivity contribution in [1.29, 1.82) is 0 Å². The van der Waals surface area contributed by atoms with Gasteiger partial charge in [-0.2, -0.15) is 12.6 Å². The van der Waals surface area contributed by atoms with Crippen molar-refractivity contribution in [1.82, 2.24) is 10.3 Å². The van der Waals surface area contributed by atoms with E-state index >= 15 is 0 Å². The Morgan fingerprint density at radius 2 is 2.10 bits per heavy atom. The van der Waals surface area contributed by atoms with Gasteiger partial charge in [0.25, 0.3) is 0 Å². The maximum atomic E-state index is 4.28. The van der Waals surface area contributed by atoms with Gasteiger partial charge in [0.1, 0.15) is 0 Å². The summed E-state index contributed by atoms with van der Waals surface area (Å²) in [4.78, 5) is 3.90. The van der Waals surface area contributed by atoms with Gasteiger partial charge in [0.2, 0.25) is 0 Å². The first-order valence-electron chi connectivity index (χ1n) is 3.10. The van der Waals surface area contributed by atoms with Crippen LogP contribution in [0.15, 0.2) is 24.5 Å². The molecule has 1 atom stereocenters. The summed E-state index contributed by atoms with van der Waals surface area (Å²) in [6, 6.07) is 3.88. The first-order chi connectivity index (χ1) is 4.84. The highest BCUT2D eigenvalue weighted by molar-refractivity contribution is 7.80. The second-order valence-electron chi connectivity index (χ2n) is 1.97. The van der Waals surface area contributed by atoms with E-state index in [-0.39, 0.29) is 5.37 Å². The van der Waals surface area contributed by atoms with Gasteiger partial charge in [0.15, 0.2) is 0 Å². The van der Waals surface area contributed by atoms with Crippen LogP contribution >= 0.6 is 12.6 Å². The van der Waals surface area contributed by atoms with Crippen molar-refractivity contribution >= 4 is 12.6 Å². The maximum Gasteiger partial charge on any atom is 0.0758 e. The van der Waals surface area contributed by atoms with Crippen LogP contribution in [0.3, 0.4) is 0 Å². The molecule has 0 aliphatic heterocycles. The Morgan fingerprint density at radius 1 is 1.50 bits per heavy atom. The monoisotopic (exact) mass is 154 g/mol. The minimum atomic E-state index is 0.114. The van der Waals surface area contributed by atoms with E-state index in [4.69, 9.17) is 0 Å². The lowest BCUT2D eigenvalue weighted by molar-refractivity contribution is 0.799. The van der Waals surface area contributed by atoms with E-state index in [1.807, 2.05) is 19.2 Å². The van der Waals surface area contributed by atoms with Gasteiger partial charge in [0.05, 0.1) is 5.37 Å². The Morgan fingerprint density at radius 3 is 2.60 bits per heavy atom. The molecule has 0 fully saturated rings. The van der Waals surface area contributed by atoms with Crippen molar-refractivity contribution in [3.8, 4) is 0 Å². The molecule has 1 aromatic rings. The Kier molecular flexibility index (Phi) is 2.71. The highest BCUT2D eigenvalue weighted by Gasteiger charge is 1.99. The lowest BCUT2D eigenvalue weighted by Gasteiger charge is -2.07. The van der Waals surface area contributed by atoms with Crippen LogP contribution < -0.4 is 5.32 Å². The van der Waals surface area contributed by atoms with Crippen LogP contribution in [-0.2, 0) is 0 Å². The smallest absolute Gasteiger partial charge is 0.0758 e. The average molecular weight is 154 g/mol. The summed E-state index contributed by atoms with van der Waals surface area (Å²) in [6.07, 6.45) is 3.52. The second kappa shape index (κ2) is 3.58. The highest BCUT2D eigenvalue weighted by atomic mass is 32.1. The van der Waals surface area contributed by atoms with Crippen molar-refractivity contribution in [3.05, 3.63) is 30.1 Å². The number of rotatable bonds is 2. The summed E-state index contributed by atoms with van der Waals surface area (Å²) in [5, 5.41) is 3.13. The predicted octanol–water partition coefficient (Wildman–Crippen LogP) is 1.23. The van der Waals surface area contributed by atoms with Crippen LogP contribution in [-0.4, -0.2) is 12.0 Å². The number of hydrogen-bond acceptors (Lipinski definition) is 3. The number of nitrogens with zero attached hydrogens (tertiary/aromatic N) is 1. The maximum absolute atomic E-state index is 4.28. The van der Waals surface area contributed by atoms with Gasteiger partial charge in [0, 0.05) is 12.4 Å². The standard InChI is InChI=1S/C7H10N2S/c1-8-7(10)6-2-4-9-5-3-6/h2-5,7-8,10H,1H3. The van der Waals surface area contributed by atoms with Gasteiger partial charge in [-0.3, -0.25) is 4.98 Å². The molecule has 0 aromatic carbocycles. The molecule has 0 radical (unpaired) electrons. The quantitative estimate of drug-likeness (QED) is 0.494. The molecule has 3 heteroatoms. The van der Waals surface area contributed by atoms with Gasteiger partial charge < -0.3 is 5.32 Å². The van der Waals surface area contributed by atoms with Crippen molar-refractivity contribution in [2.45, 2.75) is 5.37 Å². The van der Waals surface area contributed by atoms with E-state index < -0.39 is 0 Å². The Hall–Kier alpha value is -0.540. The predicted molar refractivity (Wildman–Crippen MR) is 45.0 cm³/mol. The molecule has 54 valence electrons. The van der Waals surface area contributed by atoms with Crippen LogP contribution in [0, 0.1) is 0 Å². The third kappa shape index (κ3) is 1.72. The number of pyridine rings is 1. The zero-order chi connectivity index (χ0) is 7.40. The van der Waals surface area contributed by atoms with Crippen molar-refractivity contribution in [3.63, 3.8) is 0 Å². The van der Waals surface area contributed by atoms with E-state index in [0.717, 1.165) is 5.56 Å². The van der Waals surface area contributed by atoms with E-state index in [9.17, 15) is 0 Å². The van der Waals surface area contributed by atoms with Crippen molar-refractivity contribution in [2.75, 3.05) is 7.05 Å². The minimum absolute atomic E-state index is 0.114. The SMILES string of the molecule is CNC(S)c1ccncc1. The van der Waals surface area contributed by atoms with E-state index in [0.29, 0.717) is 0 Å². The van der Waals surface area contributed by atoms with Gasteiger partial charge in [-0.25, -0.2) is 0 Å². The topological polar surface area (TPSA) is 24.9 Å². The Labute approximate surface area is 66.1 Å². The number of aromatic nitrogens is 1. The summed E-state index contributed by atoms with van der Waals surface area (Å²) in [6.45, 7) is 0. The summed E-state index contributed by atoms with van der Waals surface area (Å²) < 4.78 is 0. The zero-order valence-electron chi connectivity index (χ0n) is 5.78. The van der Waals surface area contributed by atoms with Crippen LogP contribution in [0.2, 0.25) is 0 Å². The first kappa shape index (κ1) is 7.57. The van der Waals surface area contributed by atoms with Gasteiger partial charge in [-0.1, -0.05) is 0 Å². The summed E-state index contributed by atoms with van der Waals surface area (Å²) in [5.74, 6) is 0. The van der Waals surface area contributed by atoms with Crippen LogP contribution in [0.5, 0.6) is 0 Å². The summed E-state index contributed by atoms with van der Waals surface area (Å²) in [7, 11) is 1.87. The number of nitrogens with one attached hydrogen (secondary N) is 1. The molecule has 0 saturated carbocycles. The molecule has 0 bridgehead atoms. The Balaban J connectivity index is 2.75. The molecular formula is C7H10N2S. The molecule has 0 saturated heterocycles. The van der Waals surface area contributed by atoms with Crippen LogP contribution in [0.1, 0.15) is 10.9 Å². The fraction of sp³-hybridized carbons (Fsp3) is 0.286. The van der Waals surface area contributed by atoms with Gasteiger partial charge in [-0.15, -0.1) is 0 Å². The largest absolute Gasteiger partial charge is 0.305 e. The van der Waals surface area contributed by atoms with Crippen molar-refractivity contribution < 1.29 is 0 Å². The minimum Gasteiger partial charge on any atom is -0.305 e. The molecule has 0 amide bonds. The fourth-order valence-corrected chi connectivity index (χ4v) is 0.885. The van der Waals surface area contributed by atoms with Crippen LogP contribution in [0.4, 0.5) is 0 Å². The molecule has 1 unspecified atom stereocenters. The normalized spacial score (nSPS) is 13.0. The fourth-order valence-electron chi connectivity index (χ4n) is 0.712. The zero-order valence-corrected chi connectivity index (χ0v) is 6.68. The number of hydrogen-bond donors (Lipinski definition) is 2. The molecule has 0 aliphatic carbocycles. The molecule has 0 spiro atoms. The molecule has 0 aliphatic rings. The average Bonchev–Trinajstić information content (AvgIpc) is 2.05. The Bertz CT molecular complexity index is 188. The molecule has 10 heavy (non-hydrogen) atoms. The lowest BCUT2D eigenvalue weighted by atomic mass is 10.3. The summed E-state index contributed by atoms with van der Waals surface area (Å²) >= 11 is 4.28. The van der Waals surface area contributed by atoms with E-state index in [1.165, 1.54) is 0 Å². The molecule has 1 heterocycles. The van der Waals surface area contributed by atoms with E-state index in [2.05, 4.69) is 22.9 Å². The van der Waals surface area contributed by atoms with Gasteiger partial charge in [-0.05, 0) is 24.7 Å². The highest BCUT2D eigenvalue weighted by Crippen LogP contribution is 2.13. The van der Waals surface area contributed by atoms with Gasteiger partial charge >= 0.3 is 0 Å². The molecule has 1 N–H and O–H groups in total. The molecular weight excluding hydrogens is 144 g/mol. The molecule has 1 aromatic heterocycles. The lowest BCUT2D eigenvalue weighted by Crippen LogP contribution is -2.09. The second-order valence-corrected chi connectivity index (χ2v) is 2.49. The third-order valence-corrected chi connectivity index (χ3v) is 1.85. The van der Waals surface area contributed by atoms with E-state index in [1.54, 1.807) is 12.4 Å². The third-order valence-electron chi connectivity index (χ3n) is 1.30. The molecule has 2 nitrogen and oxygen atoms in total. The first-order valence-corrected chi connectivity index (χ1v) is 3.61.